The van der Waals surface area contributed by atoms with Crippen molar-refractivity contribution < 1.29 is 12.8 Å². The van der Waals surface area contributed by atoms with Crippen molar-refractivity contribution in [1.82, 2.24) is 9.62 Å². The lowest BCUT2D eigenvalue weighted by molar-refractivity contribution is 0.175. The highest BCUT2D eigenvalue weighted by molar-refractivity contribution is 7.90. The van der Waals surface area contributed by atoms with Crippen LogP contribution in [-0.4, -0.2) is 37.7 Å². The lowest BCUT2D eigenvalue weighted by Crippen LogP contribution is -2.57. The smallest absolute Gasteiger partial charge is 0.217 e. The Labute approximate surface area is 136 Å². The van der Waals surface area contributed by atoms with E-state index in [2.05, 4.69) is 4.72 Å². The summed E-state index contributed by atoms with van der Waals surface area (Å²) in [6.45, 7) is 1.48. The second-order valence-corrected chi connectivity index (χ2v) is 8.38. The SMILES string of the molecule is N#Cc1cc(CN2CC(S(=O)(=O)NC3CCCC3)C2)ccc1F. The fourth-order valence-corrected chi connectivity index (χ4v) is 4.94. The van der Waals surface area contributed by atoms with Crippen LogP contribution >= 0.6 is 0 Å². The fraction of sp³-hybridized carbons (Fsp3) is 0.562. The predicted octanol–water partition coefficient (Wildman–Crippen LogP) is 1.74. The summed E-state index contributed by atoms with van der Waals surface area (Å²) in [4.78, 5) is 1.99. The normalized spacial score (nSPS) is 20.3. The number of sulfonamides is 1. The molecule has 0 aromatic heterocycles. The van der Waals surface area contributed by atoms with Crippen LogP contribution in [0.2, 0.25) is 0 Å². The molecule has 7 heteroatoms. The third-order valence-electron chi connectivity index (χ3n) is 4.61. The van der Waals surface area contributed by atoms with Crippen LogP contribution in [0.15, 0.2) is 18.2 Å². The highest BCUT2D eigenvalue weighted by Gasteiger charge is 2.38. The summed E-state index contributed by atoms with van der Waals surface area (Å²) in [6, 6.07) is 6.36. The van der Waals surface area contributed by atoms with Crippen molar-refractivity contribution in [2.75, 3.05) is 13.1 Å². The summed E-state index contributed by atoms with van der Waals surface area (Å²) in [5.41, 5.74) is 0.845. The largest absolute Gasteiger partial charge is 0.296 e. The van der Waals surface area contributed by atoms with E-state index in [9.17, 15) is 12.8 Å². The van der Waals surface area contributed by atoms with Gasteiger partial charge in [-0.1, -0.05) is 18.9 Å². The second-order valence-electron chi connectivity index (χ2n) is 6.39. The average Bonchev–Trinajstić information content (AvgIpc) is 2.95. The van der Waals surface area contributed by atoms with Crippen molar-refractivity contribution in [3.63, 3.8) is 0 Å². The number of nitrogens with zero attached hydrogens (tertiary/aromatic N) is 2. The maximum Gasteiger partial charge on any atom is 0.217 e. The predicted molar refractivity (Wildman–Crippen MR) is 84.5 cm³/mol. The maximum absolute atomic E-state index is 13.3. The molecule has 0 radical (unpaired) electrons. The van der Waals surface area contributed by atoms with Crippen LogP contribution in [0.25, 0.3) is 0 Å². The lowest BCUT2D eigenvalue weighted by Gasteiger charge is -2.39. The van der Waals surface area contributed by atoms with E-state index in [-0.39, 0.29) is 16.9 Å². The van der Waals surface area contributed by atoms with Gasteiger partial charge in [0.25, 0.3) is 0 Å². The first kappa shape index (κ1) is 16.4. The molecule has 2 aliphatic rings. The zero-order valence-corrected chi connectivity index (χ0v) is 13.7. The minimum atomic E-state index is -3.26. The van der Waals surface area contributed by atoms with Gasteiger partial charge in [-0.05, 0) is 30.5 Å². The Morgan fingerprint density at radius 1 is 1.30 bits per heavy atom. The van der Waals surface area contributed by atoms with Crippen LogP contribution in [0, 0.1) is 17.1 Å². The summed E-state index contributed by atoms with van der Waals surface area (Å²) in [7, 11) is -3.26. The Bertz CT molecular complexity index is 717. The average molecular weight is 337 g/mol. The Hall–Kier alpha value is -1.49. The van der Waals surface area contributed by atoms with Gasteiger partial charge in [0.15, 0.2) is 0 Å². The highest BCUT2D eigenvalue weighted by atomic mass is 32.2. The Kier molecular flexibility index (Phi) is 4.67. The minimum absolute atomic E-state index is 0.0232. The Morgan fingerprint density at radius 2 is 2.00 bits per heavy atom. The van der Waals surface area contributed by atoms with Gasteiger partial charge in [-0.2, -0.15) is 5.26 Å². The van der Waals surface area contributed by atoms with Gasteiger partial charge in [-0.25, -0.2) is 17.5 Å². The van der Waals surface area contributed by atoms with Crippen LogP contribution in [0.3, 0.4) is 0 Å². The van der Waals surface area contributed by atoms with Crippen molar-refractivity contribution in [3.8, 4) is 6.07 Å². The van der Waals surface area contributed by atoms with E-state index < -0.39 is 15.8 Å². The molecule has 1 heterocycles. The highest BCUT2D eigenvalue weighted by Crippen LogP contribution is 2.23. The van der Waals surface area contributed by atoms with E-state index in [1.54, 1.807) is 6.07 Å². The number of nitrogens with one attached hydrogen (secondary N) is 1. The number of rotatable bonds is 5. The Balaban J connectivity index is 1.53. The van der Waals surface area contributed by atoms with Gasteiger partial charge >= 0.3 is 0 Å². The number of likely N-dealkylation sites (tertiary alicyclic amines) is 1. The van der Waals surface area contributed by atoms with Crippen LogP contribution in [0.4, 0.5) is 4.39 Å². The van der Waals surface area contributed by atoms with Gasteiger partial charge in [-0.3, -0.25) is 4.90 Å². The van der Waals surface area contributed by atoms with Gasteiger partial charge in [0.2, 0.25) is 10.0 Å². The topological polar surface area (TPSA) is 73.2 Å². The zero-order valence-electron chi connectivity index (χ0n) is 12.8. The molecule has 2 fully saturated rings. The van der Waals surface area contributed by atoms with E-state index in [4.69, 9.17) is 5.26 Å². The minimum Gasteiger partial charge on any atom is -0.296 e. The zero-order chi connectivity index (χ0) is 16.4. The number of hydrogen-bond donors (Lipinski definition) is 1. The molecular weight excluding hydrogens is 317 g/mol. The summed E-state index contributed by atoms with van der Waals surface area (Å²) in [5.74, 6) is -0.527. The van der Waals surface area contributed by atoms with Crippen LogP contribution < -0.4 is 4.72 Å². The first-order valence-corrected chi connectivity index (χ1v) is 9.44. The van der Waals surface area contributed by atoms with Crippen molar-refractivity contribution in [3.05, 3.63) is 35.1 Å². The molecule has 1 aliphatic heterocycles. The van der Waals surface area contributed by atoms with Crippen LogP contribution in [-0.2, 0) is 16.6 Å². The molecular formula is C16H20FN3O2S. The Morgan fingerprint density at radius 3 is 2.65 bits per heavy atom. The second kappa shape index (κ2) is 6.56. The van der Waals surface area contributed by atoms with Gasteiger partial charge in [0.05, 0.1) is 5.56 Å². The molecule has 0 amide bonds. The molecule has 0 atom stereocenters. The standard InChI is InChI=1S/C16H20FN3O2S/c17-16-6-5-12(7-13(16)8-18)9-20-10-15(11-20)23(21,22)19-14-3-1-2-4-14/h5-7,14-15,19H,1-4,9-11H2. The third-order valence-corrected chi connectivity index (χ3v) is 6.44. The molecule has 1 aromatic rings. The molecule has 1 aliphatic carbocycles. The molecule has 1 aromatic carbocycles. The van der Waals surface area contributed by atoms with E-state index in [0.717, 1.165) is 31.2 Å². The summed E-state index contributed by atoms with van der Waals surface area (Å²) in [5, 5.41) is 8.47. The first-order valence-electron chi connectivity index (χ1n) is 7.90. The summed E-state index contributed by atoms with van der Waals surface area (Å²) < 4.78 is 40.7. The van der Waals surface area contributed by atoms with Gasteiger partial charge in [-0.15, -0.1) is 0 Å². The van der Waals surface area contributed by atoms with Crippen molar-refractivity contribution >= 4 is 10.0 Å². The van der Waals surface area contributed by atoms with Gasteiger partial charge in [0, 0.05) is 25.7 Å². The van der Waals surface area contributed by atoms with Crippen molar-refractivity contribution in [2.45, 2.75) is 43.5 Å². The van der Waals surface area contributed by atoms with Crippen LogP contribution in [0.5, 0.6) is 0 Å². The number of hydrogen-bond acceptors (Lipinski definition) is 4. The van der Waals surface area contributed by atoms with E-state index >= 15 is 0 Å². The number of benzene rings is 1. The summed E-state index contributed by atoms with van der Waals surface area (Å²) >= 11 is 0. The first-order chi connectivity index (χ1) is 11.0. The monoisotopic (exact) mass is 337 g/mol. The maximum atomic E-state index is 13.3. The lowest BCUT2D eigenvalue weighted by atomic mass is 10.1. The molecule has 1 saturated carbocycles. The molecule has 0 unspecified atom stereocenters. The summed E-state index contributed by atoms with van der Waals surface area (Å²) in [6.07, 6.45) is 4.05. The molecule has 5 nitrogen and oxygen atoms in total. The number of nitriles is 1. The molecule has 0 spiro atoms. The molecule has 124 valence electrons. The molecule has 23 heavy (non-hydrogen) atoms. The number of halogens is 1. The van der Waals surface area contributed by atoms with Gasteiger partial charge < -0.3 is 0 Å². The quantitative estimate of drug-likeness (QED) is 0.888. The van der Waals surface area contributed by atoms with E-state index in [0.29, 0.717) is 19.6 Å². The molecule has 0 bridgehead atoms. The third kappa shape index (κ3) is 3.71. The molecule has 1 N–H and O–H groups in total. The van der Waals surface area contributed by atoms with Crippen molar-refractivity contribution in [1.29, 1.82) is 5.26 Å². The van der Waals surface area contributed by atoms with Crippen molar-refractivity contribution in [2.24, 2.45) is 0 Å². The van der Waals surface area contributed by atoms with E-state index in [1.165, 1.54) is 12.1 Å². The fourth-order valence-electron chi connectivity index (χ4n) is 3.23. The van der Waals surface area contributed by atoms with E-state index in [1.807, 2.05) is 11.0 Å². The van der Waals surface area contributed by atoms with Gasteiger partial charge in [0.1, 0.15) is 17.1 Å². The molecule has 3 rings (SSSR count). The molecule has 1 saturated heterocycles. The van der Waals surface area contributed by atoms with Crippen LogP contribution in [0.1, 0.15) is 36.8 Å².